The number of rotatable bonds is 3. The van der Waals surface area contributed by atoms with Gasteiger partial charge >= 0.3 is 5.97 Å². The Morgan fingerprint density at radius 1 is 1.41 bits per heavy atom. The van der Waals surface area contributed by atoms with Gasteiger partial charge in [-0.25, -0.2) is 8.78 Å². The van der Waals surface area contributed by atoms with Crippen LogP contribution in [0, 0.1) is 0 Å². The predicted molar refractivity (Wildman–Crippen MR) is 62.3 cm³/mol. The summed E-state index contributed by atoms with van der Waals surface area (Å²) >= 11 is 3.27. The summed E-state index contributed by atoms with van der Waals surface area (Å²) in [4.78, 5) is 10.8. The molecule has 92 valence electrons. The van der Waals surface area contributed by atoms with Gasteiger partial charge in [0.2, 0.25) is 5.92 Å². The van der Waals surface area contributed by atoms with Crippen molar-refractivity contribution in [1.29, 1.82) is 0 Å². The van der Waals surface area contributed by atoms with Gasteiger partial charge in [0.05, 0.1) is 6.42 Å². The third-order valence-electron chi connectivity index (χ3n) is 3.12. The van der Waals surface area contributed by atoms with Crippen LogP contribution in [0.4, 0.5) is 8.78 Å². The van der Waals surface area contributed by atoms with Gasteiger partial charge in [-0.2, -0.15) is 0 Å². The fourth-order valence-electron chi connectivity index (χ4n) is 2.48. The van der Waals surface area contributed by atoms with E-state index in [4.69, 9.17) is 5.11 Å². The topological polar surface area (TPSA) is 37.3 Å². The molecule has 1 fully saturated rings. The standard InChI is InChI=1S/C12H11BrF2O2/c13-9-3-1-2-8(4-9)11(5-10(16)17)6-12(14,15)7-11/h1-4H,5-7H2,(H,16,17). The van der Waals surface area contributed by atoms with Gasteiger partial charge in [-0.3, -0.25) is 4.79 Å². The molecule has 2 rings (SSSR count). The highest BCUT2D eigenvalue weighted by Crippen LogP contribution is 2.55. The fraction of sp³-hybridized carbons (Fsp3) is 0.417. The van der Waals surface area contributed by atoms with Crippen LogP contribution in [0.5, 0.6) is 0 Å². The van der Waals surface area contributed by atoms with E-state index < -0.39 is 17.3 Å². The molecule has 1 saturated carbocycles. The summed E-state index contributed by atoms with van der Waals surface area (Å²) in [5, 5.41) is 8.86. The van der Waals surface area contributed by atoms with E-state index in [1.54, 1.807) is 24.3 Å². The first-order valence-electron chi connectivity index (χ1n) is 5.19. The minimum Gasteiger partial charge on any atom is -0.481 e. The molecule has 0 amide bonds. The summed E-state index contributed by atoms with van der Waals surface area (Å²) in [6, 6.07) is 6.95. The summed E-state index contributed by atoms with van der Waals surface area (Å²) in [7, 11) is 0. The zero-order valence-electron chi connectivity index (χ0n) is 8.92. The molecule has 0 spiro atoms. The van der Waals surface area contributed by atoms with Crippen LogP contribution in [-0.4, -0.2) is 17.0 Å². The molecule has 0 unspecified atom stereocenters. The SMILES string of the molecule is O=C(O)CC1(c2cccc(Br)c2)CC(F)(F)C1. The molecule has 0 bridgehead atoms. The van der Waals surface area contributed by atoms with E-state index in [0.29, 0.717) is 5.56 Å². The van der Waals surface area contributed by atoms with E-state index in [2.05, 4.69) is 15.9 Å². The summed E-state index contributed by atoms with van der Waals surface area (Å²) in [6.45, 7) is 0. The molecule has 2 nitrogen and oxygen atoms in total. The predicted octanol–water partition coefficient (Wildman–Crippen LogP) is 3.59. The molecule has 1 aliphatic rings. The van der Waals surface area contributed by atoms with Crippen LogP contribution in [0.25, 0.3) is 0 Å². The third kappa shape index (κ3) is 2.49. The number of carboxylic acids is 1. The highest BCUT2D eigenvalue weighted by molar-refractivity contribution is 9.10. The molecule has 1 aromatic rings. The molecular weight excluding hydrogens is 294 g/mol. The fourth-order valence-corrected chi connectivity index (χ4v) is 2.88. The van der Waals surface area contributed by atoms with Crippen LogP contribution in [0.3, 0.4) is 0 Å². The maximum atomic E-state index is 13.1. The van der Waals surface area contributed by atoms with Crippen LogP contribution < -0.4 is 0 Å². The van der Waals surface area contributed by atoms with Gasteiger partial charge in [0, 0.05) is 22.7 Å². The molecule has 0 radical (unpaired) electrons. The zero-order valence-corrected chi connectivity index (χ0v) is 10.5. The maximum absolute atomic E-state index is 13.1. The van der Waals surface area contributed by atoms with Gasteiger partial charge in [-0.05, 0) is 17.7 Å². The average molecular weight is 305 g/mol. The number of benzene rings is 1. The van der Waals surface area contributed by atoms with Crippen molar-refractivity contribution >= 4 is 21.9 Å². The van der Waals surface area contributed by atoms with E-state index in [1.807, 2.05) is 0 Å². The largest absolute Gasteiger partial charge is 0.481 e. The Balaban J connectivity index is 2.32. The van der Waals surface area contributed by atoms with E-state index in [9.17, 15) is 13.6 Å². The van der Waals surface area contributed by atoms with Crippen molar-refractivity contribution in [3.63, 3.8) is 0 Å². The van der Waals surface area contributed by atoms with Crippen molar-refractivity contribution in [3.05, 3.63) is 34.3 Å². The second kappa shape index (κ2) is 4.05. The minimum absolute atomic E-state index is 0.251. The van der Waals surface area contributed by atoms with Crippen LogP contribution in [-0.2, 0) is 10.2 Å². The molecule has 0 aliphatic heterocycles. The van der Waals surface area contributed by atoms with E-state index in [1.165, 1.54) is 0 Å². The van der Waals surface area contributed by atoms with Gasteiger partial charge in [-0.1, -0.05) is 28.1 Å². The molecule has 0 atom stereocenters. The van der Waals surface area contributed by atoms with E-state index in [-0.39, 0.29) is 19.3 Å². The molecule has 0 aromatic heterocycles. The monoisotopic (exact) mass is 304 g/mol. The highest BCUT2D eigenvalue weighted by Gasteiger charge is 2.58. The number of alkyl halides is 2. The molecule has 1 aromatic carbocycles. The lowest BCUT2D eigenvalue weighted by atomic mass is 9.60. The molecule has 1 aliphatic carbocycles. The molecular formula is C12H11BrF2O2. The van der Waals surface area contributed by atoms with Crippen LogP contribution >= 0.6 is 15.9 Å². The number of hydrogen-bond donors (Lipinski definition) is 1. The number of halogens is 3. The summed E-state index contributed by atoms with van der Waals surface area (Å²) < 4.78 is 26.9. The third-order valence-corrected chi connectivity index (χ3v) is 3.61. The minimum atomic E-state index is -2.74. The molecule has 0 saturated heterocycles. The van der Waals surface area contributed by atoms with E-state index in [0.717, 1.165) is 4.47 Å². The average Bonchev–Trinajstić information content (AvgIpc) is 2.13. The quantitative estimate of drug-likeness (QED) is 0.926. The van der Waals surface area contributed by atoms with Crippen molar-refractivity contribution in [2.75, 3.05) is 0 Å². The highest BCUT2D eigenvalue weighted by atomic mass is 79.9. The number of aliphatic carboxylic acids is 1. The maximum Gasteiger partial charge on any atom is 0.304 e. The van der Waals surface area contributed by atoms with Gasteiger partial charge in [-0.15, -0.1) is 0 Å². The summed E-state index contributed by atoms with van der Waals surface area (Å²) in [5.74, 6) is -3.78. The van der Waals surface area contributed by atoms with Crippen LogP contribution in [0.15, 0.2) is 28.7 Å². The smallest absolute Gasteiger partial charge is 0.304 e. The van der Waals surface area contributed by atoms with Crippen LogP contribution in [0.1, 0.15) is 24.8 Å². The number of hydrogen-bond acceptors (Lipinski definition) is 1. The first-order valence-corrected chi connectivity index (χ1v) is 5.98. The van der Waals surface area contributed by atoms with Gasteiger partial charge in [0.1, 0.15) is 0 Å². The van der Waals surface area contributed by atoms with Gasteiger partial charge < -0.3 is 5.11 Å². The lowest BCUT2D eigenvalue weighted by molar-refractivity contribution is -0.153. The van der Waals surface area contributed by atoms with Crippen LogP contribution in [0.2, 0.25) is 0 Å². The summed E-state index contributed by atoms with van der Waals surface area (Å²) in [5.41, 5.74) is -0.251. The van der Waals surface area contributed by atoms with Crippen molar-refractivity contribution in [2.45, 2.75) is 30.6 Å². The zero-order chi connectivity index (χ0) is 12.7. The Hall–Kier alpha value is -0.970. The molecule has 0 heterocycles. The van der Waals surface area contributed by atoms with Gasteiger partial charge in [0.15, 0.2) is 0 Å². The molecule has 1 N–H and O–H groups in total. The molecule has 17 heavy (non-hydrogen) atoms. The number of carboxylic acid groups (broad SMARTS) is 1. The Kier molecular flexibility index (Phi) is 2.97. The van der Waals surface area contributed by atoms with E-state index >= 15 is 0 Å². The first kappa shape index (κ1) is 12.5. The second-order valence-electron chi connectivity index (χ2n) is 4.57. The lowest BCUT2D eigenvalue weighted by Gasteiger charge is -2.47. The van der Waals surface area contributed by atoms with Crippen molar-refractivity contribution in [3.8, 4) is 0 Å². The number of carbonyl (C=O) groups is 1. The van der Waals surface area contributed by atoms with Crippen molar-refractivity contribution in [1.82, 2.24) is 0 Å². The Bertz CT molecular complexity index is 452. The Morgan fingerprint density at radius 3 is 2.53 bits per heavy atom. The lowest BCUT2D eigenvalue weighted by Crippen LogP contribution is -2.50. The van der Waals surface area contributed by atoms with Crippen molar-refractivity contribution < 1.29 is 18.7 Å². The normalized spacial score (nSPS) is 20.6. The Labute approximate surface area is 106 Å². The second-order valence-corrected chi connectivity index (χ2v) is 5.49. The Morgan fingerprint density at radius 2 is 2.06 bits per heavy atom. The molecule has 5 heteroatoms. The van der Waals surface area contributed by atoms with Gasteiger partial charge in [0.25, 0.3) is 0 Å². The van der Waals surface area contributed by atoms with Crippen molar-refractivity contribution in [2.24, 2.45) is 0 Å². The summed E-state index contributed by atoms with van der Waals surface area (Å²) in [6.07, 6.45) is -1.02. The first-order chi connectivity index (χ1) is 7.83.